The van der Waals surface area contributed by atoms with E-state index in [2.05, 4.69) is 49.5 Å². The average Bonchev–Trinajstić information content (AvgIpc) is 2.90. The minimum absolute atomic E-state index is 0.275. The van der Waals surface area contributed by atoms with Crippen molar-refractivity contribution in [2.24, 2.45) is 5.92 Å². The van der Waals surface area contributed by atoms with Gasteiger partial charge in [-0.15, -0.1) is 0 Å². The summed E-state index contributed by atoms with van der Waals surface area (Å²) in [6.45, 7) is 6.32. The van der Waals surface area contributed by atoms with Gasteiger partial charge in [0.1, 0.15) is 0 Å². The highest BCUT2D eigenvalue weighted by atomic mass is 16.5. The minimum Gasteiger partial charge on any atom is -0.372 e. The van der Waals surface area contributed by atoms with Crippen molar-refractivity contribution in [2.75, 3.05) is 6.54 Å². The summed E-state index contributed by atoms with van der Waals surface area (Å²) in [5, 5.41) is 6.35. The Morgan fingerprint density at radius 3 is 2.71 bits per heavy atom. The van der Waals surface area contributed by atoms with Crippen molar-refractivity contribution in [1.82, 2.24) is 5.32 Å². The standard InChI is InChI=1S/C19H23NO/c1-12-10-20-19(12)13(2)21-11-16-9-8-15-7-6-14-4-3-5-17(16)18(14)15/h3-5,8-9,12-13,19-20H,6-7,10-11H2,1-2H3. The van der Waals surface area contributed by atoms with Crippen molar-refractivity contribution in [3.63, 3.8) is 0 Å². The molecule has 0 saturated carbocycles. The van der Waals surface area contributed by atoms with E-state index in [0.717, 1.165) is 12.5 Å². The van der Waals surface area contributed by atoms with Crippen molar-refractivity contribution >= 4 is 10.8 Å². The molecule has 0 aromatic heterocycles. The van der Waals surface area contributed by atoms with Crippen molar-refractivity contribution in [1.29, 1.82) is 0 Å². The van der Waals surface area contributed by atoms with Gasteiger partial charge in [-0.1, -0.05) is 37.3 Å². The third-order valence-electron chi connectivity index (χ3n) is 5.26. The maximum atomic E-state index is 6.15. The molecule has 2 aromatic rings. The van der Waals surface area contributed by atoms with Crippen LogP contribution in [-0.4, -0.2) is 18.7 Å². The van der Waals surface area contributed by atoms with Gasteiger partial charge in [0.05, 0.1) is 12.7 Å². The molecule has 3 atom stereocenters. The second-order valence-corrected chi connectivity index (χ2v) is 6.65. The van der Waals surface area contributed by atoms with Crippen LogP contribution in [-0.2, 0) is 24.2 Å². The molecule has 0 bridgehead atoms. The normalized spacial score (nSPS) is 25.0. The van der Waals surface area contributed by atoms with E-state index >= 15 is 0 Å². The first-order chi connectivity index (χ1) is 10.2. The van der Waals surface area contributed by atoms with E-state index in [4.69, 9.17) is 4.74 Å². The molecular weight excluding hydrogens is 258 g/mol. The number of rotatable bonds is 4. The van der Waals surface area contributed by atoms with Gasteiger partial charge in [-0.3, -0.25) is 0 Å². The number of benzene rings is 2. The fraction of sp³-hybridized carbons (Fsp3) is 0.474. The summed E-state index contributed by atoms with van der Waals surface area (Å²) in [6.07, 6.45) is 2.66. The quantitative estimate of drug-likeness (QED) is 0.927. The molecule has 4 rings (SSSR count). The van der Waals surface area contributed by atoms with Crippen molar-refractivity contribution < 1.29 is 4.74 Å². The molecule has 1 N–H and O–H groups in total. The largest absolute Gasteiger partial charge is 0.372 e. The molecule has 0 radical (unpaired) electrons. The predicted octanol–water partition coefficient (Wildman–Crippen LogP) is 3.45. The van der Waals surface area contributed by atoms with E-state index in [1.165, 1.54) is 40.3 Å². The zero-order valence-corrected chi connectivity index (χ0v) is 12.9. The molecule has 2 aliphatic rings. The Hall–Kier alpha value is -1.38. The summed E-state index contributed by atoms with van der Waals surface area (Å²) in [4.78, 5) is 0. The first kappa shape index (κ1) is 13.3. The van der Waals surface area contributed by atoms with E-state index in [1.54, 1.807) is 0 Å². The molecule has 2 nitrogen and oxygen atoms in total. The second kappa shape index (κ2) is 5.11. The van der Waals surface area contributed by atoms with Crippen molar-refractivity contribution in [2.45, 2.75) is 45.4 Å². The van der Waals surface area contributed by atoms with Crippen LogP contribution < -0.4 is 5.32 Å². The number of aryl methyl sites for hydroxylation is 2. The first-order valence-corrected chi connectivity index (χ1v) is 8.11. The predicted molar refractivity (Wildman–Crippen MR) is 86.6 cm³/mol. The molecular formula is C19H23NO. The van der Waals surface area contributed by atoms with Crippen LogP contribution in [0, 0.1) is 5.92 Å². The van der Waals surface area contributed by atoms with Crippen LogP contribution in [0.15, 0.2) is 30.3 Å². The lowest BCUT2D eigenvalue weighted by Gasteiger charge is -2.39. The molecule has 0 amide bonds. The van der Waals surface area contributed by atoms with Gasteiger partial charge in [0.2, 0.25) is 0 Å². The summed E-state index contributed by atoms with van der Waals surface area (Å²) in [6, 6.07) is 11.8. The van der Waals surface area contributed by atoms with Crippen LogP contribution in [0.4, 0.5) is 0 Å². The Morgan fingerprint density at radius 1 is 1.19 bits per heavy atom. The molecule has 1 heterocycles. The Kier molecular flexibility index (Phi) is 3.24. The van der Waals surface area contributed by atoms with Gasteiger partial charge in [-0.05, 0) is 59.7 Å². The minimum atomic E-state index is 0.275. The van der Waals surface area contributed by atoms with Gasteiger partial charge in [0.15, 0.2) is 0 Å². The van der Waals surface area contributed by atoms with Crippen LogP contribution in [0.25, 0.3) is 10.8 Å². The molecule has 21 heavy (non-hydrogen) atoms. The molecule has 1 saturated heterocycles. The molecule has 1 fully saturated rings. The molecule has 110 valence electrons. The monoisotopic (exact) mass is 281 g/mol. The highest BCUT2D eigenvalue weighted by Gasteiger charge is 2.31. The van der Waals surface area contributed by atoms with Crippen molar-refractivity contribution in [3.05, 3.63) is 47.0 Å². The fourth-order valence-electron chi connectivity index (χ4n) is 3.88. The fourth-order valence-corrected chi connectivity index (χ4v) is 3.88. The average molecular weight is 281 g/mol. The van der Waals surface area contributed by atoms with Gasteiger partial charge in [-0.25, -0.2) is 0 Å². The van der Waals surface area contributed by atoms with E-state index in [9.17, 15) is 0 Å². The van der Waals surface area contributed by atoms with E-state index < -0.39 is 0 Å². The van der Waals surface area contributed by atoms with Gasteiger partial charge in [0, 0.05) is 6.04 Å². The maximum absolute atomic E-state index is 6.15. The van der Waals surface area contributed by atoms with Crippen LogP contribution in [0.2, 0.25) is 0 Å². The summed E-state index contributed by atoms with van der Waals surface area (Å²) < 4.78 is 6.15. The van der Waals surface area contributed by atoms with Gasteiger partial charge >= 0.3 is 0 Å². The third kappa shape index (κ3) is 2.18. The second-order valence-electron chi connectivity index (χ2n) is 6.65. The highest BCUT2D eigenvalue weighted by Crippen LogP contribution is 2.33. The molecule has 1 aliphatic heterocycles. The smallest absolute Gasteiger partial charge is 0.0727 e. The van der Waals surface area contributed by atoms with E-state index in [-0.39, 0.29) is 6.10 Å². The van der Waals surface area contributed by atoms with Crippen LogP contribution in [0.3, 0.4) is 0 Å². The molecule has 1 aliphatic carbocycles. The van der Waals surface area contributed by atoms with Gasteiger partial charge in [0.25, 0.3) is 0 Å². The zero-order valence-electron chi connectivity index (χ0n) is 12.9. The van der Waals surface area contributed by atoms with Gasteiger partial charge in [-0.2, -0.15) is 0 Å². The maximum Gasteiger partial charge on any atom is 0.0727 e. The Morgan fingerprint density at radius 2 is 2.00 bits per heavy atom. The van der Waals surface area contributed by atoms with Gasteiger partial charge < -0.3 is 10.1 Å². The Labute approximate surface area is 126 Å². The SMILES string of the molecule is CC1CNC1C(C)OCc1ccc2c3c(cccc13)CC2. The lowest BCUT2D eigenvalue weighted by molar-refractivity contribution is -0.00863. The summed E-state index contributed by atoms with van der Waals surface area (Å²) in [5.74, 6) is 0.729. The first-order valence-electron chi connectivity index (χ1n) is 8.11. The summed E-state index contributed by atoms with van der Waals surface area (Å²) >= 11 is 0. The molecule has 3 unspecified atom stereocenters. The zero-order chi connectivity index (χ0) is 14.4. The number of hydrogen-bond donors (Lipinski definition) is 1. The Balaban J connectivity index is 1.57. The number of ether oxygens (including phenoxy) is 1. The van der Waals surface area contributed by atoms with E-state index in [1.807, 2.05) is 0 Å². The van der Waals surface area contributed by atoms with Crippen molar-refractivity contribution in [3.8, 4) is 0 Å². The molecule has 2 heteroatoms. The lowest BCUT2D eigenvalue weighted by atomic mass is 9.90. The Bertz CT molecular complexity index is 668. The number of nitrogens with one attached hydrogen (secondary N) is 1. The summed E-state index contributed by atoms with van der Waals surface area (Å²) in [7, 11) is 0. The summed E-state index contributed by atoms with van der Waals surface area (Å²) in [5.41, 5.74) is 4.34. The van der Waals surface area contributed by atoms with Crippen LogP contribution >= 0.6 is 0 Å². The number of hydrogen-bond acceptors (Lipinski definition) is 2. The topological polar surface area (TPSA) is 21.3 Å². The van der Waals surface area contributed by atoms with Crippen LogP contribution in [0.1, 0.15) is 30.5 Å². The molecule has 0 spiro atoms. The van der Waals surface area contributed by atoms with Crippen LogP contribution in [0.5, 0.6) is 0 Å². The lowest BCUT2D eigenvalue weighted by Crippen LogP contribution is -2.57. The third-order valence-corrected chi connectivity index (χ3v) is 5.26. The molecule has 2 aromatic carbocycles. The highest BCUT2D eigenvalue weighted by molar-refractivity contribution is 5.93. The van der Waals surface area contributed by atoms with E-state index in [0.29, 0.717) is 12.6 Å².